The third kappa shape index (κ3) is 6.61. The van der Waals surface area contributed by atoms with Crippen molar-refractivity contribution >= 4 is 10.9 Å². The first-order valence-electron chi connectivity index (χ1n) is 15.4. The van der Waals surface area contributed by atoms with Crippen molar-refractivity contribution in [3.05, 3.63) is 89.5 Å². The average molecular weight is 590 g/mol. The first kappa shape index (κ1) is 28.0. The Morgan fingerprint density at radius 3 is 0.816 bits per heavy atom. The van der Waals surface area contributed by atoms with Crippen molar-refractivity contribution in [2.75, 3.05) is 0 Å². The molecule has 0 aliphatic heterocycles. The second-order valence-corrected chi connectivity index (χ2v) is 14.0. The lowest BCUT2D eigenvalue weighted by molar-refractivity contribution is -0.00000748. The number of rotatable bonds is 6. The Bertz CT molecular complexity index is 953. The van der Waals surface area contributed by atoms with E-state index < -0.39 is 0 Å². The normalized spacial score (nSPS) is 19.8. The summed E-state index contributed by atoms with van der Waals surface area (Å²) in [4.78, 5) is 4.40. The molecule has 0 spiro atoms. The van der Waals surface area contributed by atoms with Crippen LogP contribution in [0.2, 0.25) is 0 Å². The zero-order chi connectivity index (χ0) is 24.9. The molecule has 3 aliphatic rings. The zero-order valence-corrected chi connectivity index (χ0v) is 25.5. The maximum atomic E-state index is 2.46. The van der Waals surface area contributed by atoms with Gasteiger partial charge in [0.1, 0.15) is 0 Å². The van der Waals surface area contributed by atoms with Crippen LogP contribution in [0.5, 0.6) is 0 Å². The second-order valence-electron chi connectivity index (χ2n) is 12.0. The lowest BCUT2D eigenvalue weighted by atomic mass is 9.84. The molecule has 3 aliphatic carbocycles. The van der Waals surface area contributed by atoms with Crippen molar-refractivity contribution in [3.63, 3.8) is 0 Å². The molecule has 6 rings (SSSR count). The predicted molar refractivity (Wildman–Crippen MR) is 159 cm³/mol. The lowest BCUT2D eigenvalue weighted by Gasteiger charge is -2.23. The first-order chi connectivity index (χ1) is 18.3. The Kier molecular flexibility index (Phi) is 10.1. The summed E-state index contributed by atoms with van der Waals surface area (Å²) < 4.78 is 0. The van der Waals surface area contributed by atoms with E-state index in [4.69, 9.17) is 0 Å². The molecule has 202 valence electrons. The van der Waals surface area contributed by atoms with Crippen LogP contribution in [0.15, 0.2) is 87.5 Å². The van der Waals surface area contributed by atoms with Crippen molar-refractivity contribution in [2.45, 2.75) is 129 Å². The van der Waals surface area contributed by atoms with Crippen LogP contribution in [-0.2, 0) is 10.9 Å². The lowest BCUT2D eigenvalue weighted by Crippen LogP contribution is -3.00. The molecule has 3 fully saturated rings. The molecule has 0 unspecified atom stereocenters. The number of benzene rings is 3. The maximum absolute atomic E-state index is 2.46. The summed E-state index contributed by atoms with van der Waals surface area (Å²) in [6.45, 7) is 0. The highest BCUT2D eigenvalue weighted by molar-refractivity contribution is 7.97. The molecule has 0 N–H and O–H groups in total. The molecule has 0 radical (unpaired) electrons. The van der Waals surface area contributed by atoms with E-state index in [1.807, 2.05) is 0 Å². The van der Waals surface area contributed by atoms with E-state index in [0.717, 1.165) is 17.8 Å². The highest BCUT2D eigenvalue weighted by Crippen LogP contribution is 2.39. The van der Waals surface area contributed by atoms with Gasteiger partial charge in [-0.25, -0.2) is 0 Å². The SMILES string of the molecule is [Br-].c1cc([S+](c2ccc(C3CCCCC3)cc2)c2ccc(C3CCCCC3)cc2)ccc1C1CCCCC1. The molecule has 0 atom stereocenters. The Morgan fingerprint density at radius 1 is 0.342 bits per heavy atom. The van der Waals surface area contributed by atoms with Gasteiger partial charge in [0.2, 0.25) is 0 Å². The maximum Gasteiger partial charge on any atom is 0.166 e. The quantitative estimate of drug-likeness (QED) is 0.256. The van der Waals surface area contributed by atoms with Crippen LogP contribution in [0.25, 0.3) is 0 Å². The molecule has 0 amide bonds. The van der Waals surface area contributed by atoms with Crippen LogP contribution >= 0.6 is 0 Å². The van der Waals surface area contributed by atoms with Crippen LogP contribution in [0.1, 0.15) is 131 Å². The monoisotopic (exact) mass is 588 g/mol. The fraction of sp³-hybridized carbons (Fsp3) is 0.500. The zero-order valence-electron chi connectivity index (χ0n) is 23.1. The van der Waals surface area contributed by atoms with E-state index in [0.29, 0.717) is 0 Å². The summed E-state index contributed by atoms with van der Waals surface area (Å²) in [6, 6.07) is 29.5. The van der Waals surface area contributed by atoms with E-state index in [-0.39, 0.29) is 27.9 Å². The van der Waals surface area contributed by atoms with Gasteiger partial charge in [-0.2, -0.15) is 0 Å². The summed E-state index contributed by atoms with van der Waals surface area (Å²) >= 11 is 0. The molecule has 0 saturated heterocycles. The molecule has 0 bridgehead atoms. The highest BCUT2D eigenvalue weighted by Gasteiger charge is 2.30. The van der Waals surface area contributed by atoms with Crippen molar-refractivity contribution in [2.24, 2.45) is 0 Å². The van der Waals surface area contributed by atoms with E-state index in [9.17, 15) is 0 Å². The van der Waals surface area contributed by atoms with Crippen molar-refractivity contribution in [1.82, 2.24) is 0 Å². The molecular weight excluding hydrogens is 544 g/mol. The Labute approximate surface area is 245 Å². The fourth-order valence-electron chi connectivity index (χ4n) is 7.34. The highest BCUT2D eigenvalue weighted by atomic mass is 79.9. The van der Waals surface area contributed by atoms with Gasteiger partial charge in [-0.1, -0.05) is 94.2 Å². The first-order valence-corrected chi connectivity index (χ1v) is 16.6. The molecule has 2 heteroatoms. The van der Waals surface area contributed by atoms with E-state index in [1.54, 1.807) is 16.7 Å². The number of hydrogen-bond acceptors (Lipinski definition) is 0. The molecule has 0 heterocycles. The van der Waals surface area contributed by atoms with Gasteiger partial charge in [0.15, 0.2) is 14.7 Å². The molecule has 38 heavy (non-hydrogen) atoms. The Balaban J connectivity index is 0.00000294. The molecular formula is C36H45BrS. The molecule has 3 aromatic carbocycles. The second kappa shape index (κ2) is 13.7. The molecule has 0 nitrogen and oxygen atoms in total. The minimum Gasteiger partial charge on any atom is -1.00 e. The van der Waals surface area contributed by atoms with Gasteiger partial charge in [-0.15, -0.1) is 0 Å². The standard InChI is InChI=1S/C36H45S.BrH/c1-4-10-28(11-5-1)31-16-22-34(23-17-31)37(35-24-18-32(19-25-35)29-12-6-2-7-13-29)36-26-20-33(21-27-36)30-14-8-3-9-15-30;/h16-30H,1-15H2;1H/q+1;/p-1. The van der Waals surface area contributed by atoms with Gasteiger partial charge < -0.3 is 17.0 Å². The molecule has 3 saturated carbocycles. The Morgan fingerprint density at radius 2 is 0.579 bits per heavy atom. The van der Waals surface area contributed by atoms with E-state index in [2.05, 4.69) is 72.8 Å². The van der Waals surface area contributed by atoms with Gasteiger partial charge in [0.25, 0.3) is 0 Å². The summed E-state index contributed by atoms with van der Waals surface area (Å²) in [5.41, 5.74) is 4.69. The smallest absolute Gasteiger partial charge is 0.166 e. The van der Waals surface area contributed by atoms with Gasteiger partial charge in [0.05, 0.1) is 10.9 Å². The summed E-state index contributed by atoms with van der Waals surface area (Å²) in [7, 11) is -0.0542. The van der Waals surface area contributed by atoms with Gasteiger partial charge in [-0.05, 0) is 109 Å². The van der Waals surface area contributed by atoms with Gasteiger partial charge in [-0.3, -0.25) is 0 Å². The van der Waals surface area contributed by atoms with Crippen LogP contribution in [0, 0.1) is 0 Å². The Hall–Kier alpha value is -1.51. The van der Waals surface area contributed by atoms with Crippen molar-refractivity contribution in [3.8, 4) is 0 Å². The van der Waals surface area contributed by atoms with Crippen LogP contribution in [0.4, 0.5) is 0 Å². The molecule has 3 aromatic rings. The van der Waals surface area contributed by atoms with Crippen molar-refractivity contribution in [1.29, 1.82) is 0 Å². The third-order valence-electron chi connectivity index (χ3n) is 9.58. The largest absolute Gasteiger partial charge is 1.00 e. The minimum atomic E-state index is -0.0542. The third-order valence-corrected chi connectivity index (χ3v) is 11.8. The van der Waals surface area contributed by atoms with Gasteiger partial charge >= 0.3 is 0 Å². The fourth-order valence-corrected chi connectivity index (χ4v) is 9.39. The van der Waals surface area contributed by atoms with Crippen molar-refractivity contribution < 1.29 is 17.0 Å². The van der Waals surface area contributed by atoms with E-state index in [1.165, 1.54) is 111 Å². The summed E-state index contributed by atoms with van der Waals surface area (Å²) in [5.74, 6) is 2.32. The number of hydrogen-bond donors (Lipinski definition) is 0. The van der Waals surface area contributed by atoms with Gasteiger partial charge in [0, 0.05) is 0 Å². The summed E-state index contributed by atoms with van der Waals surface area (Å²) in [5, 5.41) is 0. The average Bonchev–Trinajstić information content (AvgIpc) is 3.00. The topological polar surface area (TPSA) is 0 Å². The van der Waals surface area contributed by atoms with Crippen LogP contribution in [-0.4, -0.2) is 0 Å². The number of halogens is 1. The van der Waals surface area contributed by atoms with Crippen LogP contribution < -0.4 is 17.0 Å². The molecule has 0 aromatic heterocycles. The predicted octanol–water partition coefficient (Wildman–Crippen LogP) is 7.93. The van der Waals surface area contributed by atoms with Crippen LogP contribution in [0.3, 0.4) is 0 Å². The van der Waals surface area contributed by atoms with E-state index >= 15 is 0 Å². The minimum absolute atomic E-state index is 0. The summed E-state index contributed by atoms with van der Waals surface area (Å²) in [6.07, 6.45) is 20.9.